The van der Waals surface area contributed by atoms with Gasteiger partial charge in [-0.2, -0.15) is 0 Å². The summed E-state index contributed by atoms with van der Waals surface area (Å²) in [6.45, 7) is 1.44. The van der Waals surface area contributed by atoms with E-state index in [-0.39, 0.29) is 0 Å². The molecule has 0 heterocycles. The standard InChI is InChI=1S/C16H18N2OS/c1-18(11-12-19-15-5-3-2-4-6-15)14-9-7-13(8-10-14)16(17)20/h2-10H,11-12H2,1H3,(H2,17,20). The number of thiocarbonyl (C=S) groups is 1. The summed E-state index contributed by atoms with van der Waals surface area (Å²) in [7, 11) is 2.03. The number of para-hydroxylation sites is 1. The quantitative estimate of drug-likeness (QED) is 0.829. The SMILES string of the molecule is CN(CCOc1ccccc1)c1ccc(C(N)=S)cc1. The molecule has 0 spiro atoms. The average molecular weight is 286 g/mol. The number of likely N-dealkylation sites (N-methyl/N-ethyl adjacent to an activating group) is 1. The van der Waals surface area contributed by atoms with Gasteiger partial charge in [0.1, 0.15) is 17.3 Å². The van der Waals surface area contributed by atoms with Crippen molar-refractivity contribution < 1.29 is 4.74 Å². The summed E-state index contributed by atoms with van der Waals surface area (Å²) in [6.07, 6.45) is 0. The third kappa shape index (κ3) is 3.96. The van der Waals surface area contributed by atoms with Crippen LogP contribution in [0.1, 0.15) is 5.56 Å². The Morgan fingerprint density at radius 1 is 1.10 bits per heavy atom. The van der Waals surface area contributed by atoms with Crippen LogP contribution in [0, 0.1) is 0 Å². The van der Waals surface area contributed by atoms with Gasteiger partial charge in [0, 0.05) is 18.3 Å². The van der Waals surface area contributed by atoms with Gasteiger partial charge in [-0.05, 0) is 36.4 Å². The van der Waals surface area contributed by atoms with Crippen LogP contribution >= 0.6 is 12.2 Å². The predicted molar refractivity (Wildman–Crippen MR) is 87.5 cm³/mol. The Kier molecular flexibility index (Phi) is 4.96. The monoisotopic (exact) mass is 286 g/mol. The van der Waals surface area contributed by atoms with Gasteiger partial charge in [-0.3, -0.25) is 0 Å². The van der Waals surface area contributed by atoms with Crippen LogP contribution in [-0.4, -0.2) is 25.2 Å². The molecule has 0 bridgehead atoms. The molecular formula is C16H18N2OS. The Hall–Kier alpha value is -2.07. The van der Waals surface area contributed by atoms with Crippen molar-refractivity contribution in [1.82, 2.24) is 0 Å². The molecule has 0 aliphatic heterocycles. The van der Waals surface area contributed by atoms with Gasteiger partial charge < -0.3 is 15.4 Å². The first-order valence-electron chi connectivity index (χ1n) is 6.45. The van der Waals surface area contributed by atoms with Crippen molar-refractivity contribution in [2.24, 2.45) is 5.73 Å². The first-order valence-corrected chi connectivity index (χ1v) is 6.86. The molecule has 0 saturated carbocycles. The first-order chi connectivity index (χ1) is 9.66. The smallest absolute Gasteiger partial charge is 0.119 e. The van der Waals surface area contributed by atoms with E-state index in [9.17, 15) is 0 Å². The minimum atomic E-state index is 0.423. The van der Waals surface area contributed by atoms with Gasteiger partial charge in [0.15, 0.2) is 0 Å². The Bertz CT molecular complexity index is 554. The van der Waals surface area contributed by atoms with Crippen molar-refractivity contribution in [3.05, 3.63) is 60.2 Å². The van der Waals surface area contributed by atoms with Crippen molar-refractivity contribution in [3.8, 4) is 5.75 Å². The van der Waals surface area contributed by atoms with Crippen molar-refractivity contribution in [3.63, 3.8) is 0 Å². The lowest BCUT2D eigenvalue weighted by Gasteiger charge is -2.19. The van der Waals surface area contributed by atoms with Crippen LogP contribution in [-0.2, 0) is 0 Å². The van der Waals surface area contributed by atoms with Crippen molar-refractivity contribution in [2.45, 2.75) is 0 Å². The minimum absolute atomic E-state index is 0.423. The highest BCUT2D eigenvalue weighted by atomic mass is 32.1. The molecule has 4 heteroatoms. The zero-order valence-electron chi connectivity index (χ0n) is 11.5. The molecule has 2 rings (SSSR count). The Balaban J connectivity index is 1.85. The number of anilines is 1. The zero-order chi connectivity index (χ0) is 14.4. The van der Waals surface area contributed by atoms with E-state index < -0.39 is 0 Å². The molecule has 0 unspecified atom stereocenters. The van der Waals surface area contributed by atoms with Crippen LogP contribution in [0.25, 0.3) is 0 Å². The molecule has 0 saturated heterocycles. The summed E-state index contributed by atoms with van der Waals surface area (Å²) in [5.41, 5.74) is 7.58. The Morgan fingerprint density at radius 3 is 2.35 bits per heavy atom. The van der Waals surface area contributed by atoms with Crippen LogP contribution in [0.2, 0.25) is 0 Å². The number of ether oxygens (including phenoxy) is 1. The highest BCUT2D eigenvalue weighted by molar-refractivity contribution is 7.80. The van der Waals surface area contributed by atoms with E-state index in [4.69, 9.17) is 22.7 Å². The summed E-state index contributed by atoms with van der Waals surface area (Å²) in [6, 6.07) is 17.7. The van der Waals surface area contributed by atoms with Gasteiger partial charge in [-0.1, -0.05) is 30.4 Å². The second-order valence-corrected chi connectivity index (χ2v) is 4.93. The number of rotatable bonds is 6. The summed E-state index contributed by atoms with van der Waals surface area (Å²) in [5, 5.41) is 0. The lowest BCUT2D eigenvalue weighted by molar-refractivity contribution is 0.326. The van der Waals surface area contributed by atoms with Gasteiger partial charge >= 0.3 is 0 Å². The molecular weight excluding hydrogens is 268 g/mol. The summed E-state index contributed by atoms with van der Waals surface area (Å²) in [4.78, 5) is 2.55. The van der Waals surface area contributed by atoms with Gasteiger partial charge in [-0.25, -0.2) is 0 Å². The van der Waals surface area contributed by atoms with Gasteiger partial charge in [0.2, 0.25) is 0 Å². The highest BCUT2D eigenvalue weighted by Gasteiger charge is 2.02. The van der Waals surface area contributed by atoms with Gasteiger partial charge in [0.05, 0.1) is 6.54 Å². The van der Waals surface area contributed by atoms with Crippen molar-refractivity contribution in [2.75, 3.05) is 25.1 Å². The normalized spacial score (nSPS) is 10.1. The summed E-state index contributed by atoms with van der Waals surface area (Å²) < 4.78 is 5.68. The number of nitrogens with zero attached hydrogens (tertiary/aromatic N) is 1. The number of hydrogen-bond acceptors (Lipinski definition) is 3. The maximum Gasteiger partial charge on any atom is 0.119 e. The molecule has 2 aromatic carbocycles. The molecule has 0 atom stereocenters. The lowest BCUT2D eigenvalue weighted by Crippen LogP contribution is -2.23. The fourth-order valence-electron chi connectivity index (χ4n) is 1.83. The number of hydrogen-bond donors (Lipinski definition) is 1. The molecule has 2 aromatic rings. The molecule has 0 radical (unpaired) electrons. The van der Waals surface area contributed by atoms with E-state index in [2.05, 4.69) is 4.90 Å². The summed E-state index contributed by atoms with van der Waals surface area (Å²) >= 11 is 4.94. The second-order valence-electron chi connectivity index (χ2n) is 4.49. The molecule has 0 aliphatic rings. The first kappa shape index (κ1) is 14.3. The molecule has 0 aromatic heterocycles. The highest BCUT2D eigenvalue weighted by Crippen LogP contribution is 2.14. The van der Waals surface area contributed by atoms with Crippen LogP contribution in [0.4, 0.5) is 5.69 Å². The largest absolute Gasteiger partial charge is 0.492 e. The maximum absolute atomic E-state index is 5.68. The van der Waals surface area contributed by atoms with Crippen molar-refractivity contribution >= 4 is 22.9 Å². The van der Waals surface area contributed by atoms with E-state index in [1.165, 1.54) is 0 Å². The predicted octanol–water partition coefficient (Wildman–Crippen LogP) is 2.84. The maximum atomic E-state index is 5.68. The second kappa shape index (κ2) is 6.91. The van der Waals surface area contributed by atoms with Gasteiger partial charge in [-0.15, -0.1) is 0 Å². The molecule has 104 valence electrons. The van der Waals surface area contributed by atoms with Crippen LogP contribution in [0.15, 0.2) is 54.6 Å². The molecule has 20 heavy (non-hydrogen) atoms. The van der Waals surface area contributed by atoms with E-state index >= 15 is 0 Å². The zero-order valence-corrected chi connectivity index (χ0v) is 12.3. The molecule has 3 nitrogen and oxygen atoms in total. The lowest BCUT2D eigenvalue weighted by atomic mass is 10.2. The van der Waals surface area contributed by atoms with E-state index in [0.717, 1.165) is 23.5 Å². The molecule has 0 fully saturated rings. The number of nitrogens with two attached hydrogens (primary N) is 1. The third-order valence-corrected chi connectivity index (χ3v) is 3.27. The third-order valence-electron chi connectivity index (χ3n) is 3.03. The molecule has 0 aliphatic carbocycles. The summed E-state index contributed by atoms with van der Waals surface area (Å²) in [5.74, 6) is 0.893. The van der Waals surface area contributed by atoms with Crippen LogP contribution in [0.5, 0.6) is 5.75 Å². The van der Waals surface area contributed by atoms with E-state index in [1.54, 1.807) is 0 Å². The van der Waals surface area contributed by atoms with E-state index in [1.807, 2.05) is 61.6 Å². The van der Waals surface area contributed by atoms with Crippen LogP contribution < -0.4 is 15.4 Å². The van der Waals surface area contributed by atoms with E-state index in [0.29, 0.717) is 11.6 Å². The fraction of sp³-hybridized carbons (Fsp3) is 0.188. The topological polar surface area (TPSA) is 38.5 Å². The Morgan fingerprint density at radius 2 is 1.75 bits per heavy atom. The number of benzene rings is 2. The van der Waals surface area contributed by atoms with Gasteiger partial charge in [0.25, 0.3) is 0 Å². The molecule has 2 N–H and O–H groups in total. The molecule has 0 amide bonds. The average Bonchev–Trinajstić information content (AvgIpc) is 2.48. The fourth-order valence-corrected chi connectivity index (χ4v) is 1.96. The Labute approximate surface area is 125 Å². The minimum Gasteiger partial charge on any atom is -0.492 e. The van der Waals surface area contributed by atoms with Crippen LogP contribution in [0.3, 0.4) is 0 Å². The van der Waals surface area contributed by atoms with Crippen molar-refractivity contribution in [1.29, 1.82) is 0 Å².